The summed E-state index contributed by atoms with van der Waals surface area (Å²) in [6.07, 6.45) is 3.64. The molecular weight excluding hydrogens is 394 g/mol. The molecule has 0 aliphatic carbocycles. The predicted octanol–water partition coefficient (Wildman–Crippen LogP) is 3.20. The largest absolute Gasteiger partial charge is 0.480 e. The number of carboxylic acids is 1. The zero-order valence-electron chi connectivity index (χ0n) is 17.0. The van der Waals surface area contributed by atoms with Crippen molar-refractivity contribution < 1.29 is 9.90 Å². The summed E-state index contributed by atoms with van der Waals surface area (Å²) in [5, 5.41) is 13.7. The number of para-hydroxylation sites is 1. The van der Waals surface area contributed by atoms with Gasteiger partial charge in [-0.15, -0.1) is 0 Å². The minimum absolute atomic E-state index is 0.402. The third kappa shape index (κ3) is 2.92. The highest BCUT2D eigenvalue weighted by Gasteiger charge is 2.20. The lowest BCUT2D eigenvalue weighted by Gasteiger charge is -2.10. The second kappa shape index (κ2) is 6.94. The molecule has 0 unspecified atom stereocenters. The van der Waals surface area contributed by atoms with Crippen LogP contribution in [0.2, 0.25) is 0 Å². The third-order valence-electron chi connectivity index (χ3n) is 5.45. The average molecular weight is 413 g/mol. The molecule has 0 aliphatic rings. The Morgan fingerprint density at radius 3 is 2.61 bits per heavy atom. The van der Waals surface area contributed by atoms with Crippen LogP contribution in [0.3, 0.4) is 0 Å². The van der Waals surface area contributed by atoms with Gasteiger partial charge in [-0.25, -0.2) is 9.31 Å². The standard InChI is InChI=1S/C23H19N5O3/c1-14-6-5-8-20-22(14)28(23(31)26(20)13-21(29)30)18-10-9-17(25-15(18)2)16-12-24-27-11-4-3-7-19(16)27/h3-12H,13H2,1-2H3,(H,29,30). The Bertz CT molecular complexity index is 1540. The van der Waals surface area contributed by atoms with Gasteiger partial charge < -0.3 is 5.11 Å². The van der Waals surface area contributed by atoms with Crippen molar-refractivity contribution in [3.63, 3.8) is 0 Å². The SMILES string of the molecule is Cc1nc(-c2cnn3ccccc23)ccc1-n1c(=O)n(CC(=O)O)c2cccc(C)c21. The van der Waals surface area contributed by atoms with Crippen LogP contribution in [0.1, 0.15) is 11.3 Å². The maximum atomic E-state index is 13.2. The molecule has 0 saturated heterocycles. The number of pyridine rings is 2. The minimum atomic E-state index is -1.07. The number of aliphatic carboxylic acids is 1. The summed E-state index contributed by atoms with van der Waals surface area (Å²) < 4.78 is 4.62. The maximum absolute atomic E-state index is 13.2. The van der Waals surface area contributed by atoms with E-state index in [4.69, 9.17) is 4.98 Å². The van der Waals surface area contributed by atoms with Crippen molar-refractivity contribution in [3.05, 3.63) is 82.7 Å². The zero-order valence-corrected chi connectivity index (χ0v) is 17.0. The molecule has 5 aromatic rings. The van der Waals surface area contributed by atoms with Gasteiger partial charge in [0.25, 0.3) is 0 Å². The highest BCUT2D eigenvalue weighted by atomic mass is 16.4. The van der Waals surface area contributed by atoms with Crippen LogP contribution in [0.25, 0.3) is 33.5 Å². The number of carbonyl (C=O) groups is 1. The summed E-state index contributed by atoms with van der Waals surface area (Å²) in [5.41, 5.74) is 5.61. The molecular formula is C23H19N5O3. The number of fused-ring (bicyclic) bond motifs is 2. The Morgan fingerprint density at radius 1 is 1.03 bits per heavy atom. The lowest BCUT2D eigenvalue weighted by molar-refractivity contribution is -0.137. The molecule has 8 heteroatoms. The first-order valence-electron chi connectivity index (χ1n) is 9.79. The number of hydrogen-bond donors (Lipinski definition) is 1. The molecule has 1 N–H and O–H groups in total. The van der Waals surface area contributed by atoms with Gasteiger partial charge in [0.2, 0.25) is 0 Å². The highest BCUT2D eigenvalue weighted by molar-refractivity contribution is 5.83. The number of hydrogen-bond acceptors (Lipinski definition) is 4. The van der Waals surface area contributed by atoms with Gasteiger partial charge in [-0.05, 0) is 49.7 Å². The average Bonchev–Trinajstić information content (AvgIpc) is 3.29. The molecule has 0 aliphatic heterocycles. The van der Waals surface area contributed by atoms with Crippen LogP contribution in [-0.2, 0) is 11.3 Å². The van der Waals surface area contributed by atoms with Crippen molar-refractivity contribution in [2.24, 2.45) is 0 Å². The van der Waals surface area contributed by atoms with Crippen molar-refractivity contribution in [2.45, 2.75) is 20.4 Å². The zero-order chi connectivity index (χ0) is 21.7. The molecule has 0 amide bonds. The van der Waals surface area contributed by atoms with E-state index in [0.717, 1.165) is 22.3 Å². The number of rotatable bonds is 4. The van der Waals surface area contributed by atoms with Crippen LogP contribution < -0.4 is 5.69 Å². The fraction of sp³-hybridized carbons (Fsp3) is 0.130. The number of nitrogens with zero attached hydrogens (tertiary/aromatic N) is 5. The number of aromatic nitrogens is 5. The molecule has 0 spiro atoms. The van der Waals surface area contributed by atoms with Crippen LogP contribution in [-0.4, -0.2) is 34.8 Å². The molecule has 1 aromatic carbocycles. The second-order valence-electron chi connectivity index (χ2n) is 7.43. The minimum Gasteiger partial charge on any atom is -0.480 e. The molecule has 154 valence electrons. The first-order chi connectivity index (χ1) is 15.0. The van der Waals surface area contributed by atoms with E-state index in [1.165, 1.54) is 4.57 Å². The fourth-order valence-corrected chi connectivity index (χ4v) is 4.06. The summed E-state index contributed by atoms with van der Waals surface area (Å²) in [6, 6.07) is 15.0. The van der Waals surface area contributed by atoms with Crippen LogP contribution in [0.5, 0.6) is 0 Å². The Kier molecular flexibility index (Phi) is 4.21. The molecule has 8 nitrogen and oxygen atoms in total. The fourth-order valence-electron chi connectivity index (χ4n) is 4.06. The summed E-state index contributed by atoms with van der Waals surface area (Å²) in [4.78, 5) is 29.3. The topological polar surface area (TPSA) is 94.4 Å². The lowest BCUT2D eigenvalue weighted by atomic mass is 10.1. The van der Waals surface area contributed by atoms with E-state index < -0.39 is 18.2 Å². The van der Waals surface area contributed by atoms with Crippen LogP contribution >= 0.6 is 0 Å². The van der Waals surface area contributed by atoms with E-state index in [1.54, 1.807) is 21.3 Å². The Labute approximate surface area is 176 Å². The summed E-state index contributed by atoms with van der Waals surface area (Å²) in [7, 11) is 0. The van der Waals surface area contributed by atoms with Crippen molar-refractivity contribution in [1.29, 1.82) is 0 Å². The molecule has 4 heterocycles. The molecule has 5 rings (SSSR count). The van der Waals surface area contributed by atoms with E-state index >= 15 is 0 Å². The Morgan fingerprint density at radius 2 is 1.84 bits per heavy atom. The lowest BCUT2D eigenvalue weighted by Crippen LogP contribution is -2.26. The van der Waals surface area contributed by atoms with Gasteiger partial charge in [-0.3, -0.25) is 18.9 Å². The molecule has 0 atom stereocenters. The first kappa shape index (κ1) is 18.8. The predicted molar refractivity (Wildman–Crippen MR) is 117 cm³/mol. The molecule has 31 heavy (non-hydrogen) atoms. The molecule has 0 saturated carbocycles. The van der Waals surface area contributed by atoms with Crippen LogP contribution in [0, 0.1) is 13.8 Å². The van der Waals surface area contributed by atoms with Gasteiger partial charge in [0.15, 0.2) is 0 Å². The van der Waals surface area contributed by atoms with Gasteiger partial charge in [0.1, 0.15) is 6.54 Å². The normalized spacial score (nSPS) is 11.4. The third-order valence-corrected chi connectivity index (χ3v) is 5.45. The summed E-state index contributed by atoms with van der Waals surface area (Å²) in [5.74, 6) is -1.07. The smallest absolute Gasteiger partial charge is 0.334 e. The Balaban J connectivity index is 1.72. The van der Waals surface area contributed by atoms with E-state index in [1.807, 2.05) is 62.5 Å². The quantitative estimate of drug-likeness (QED) is 0.488. The van der Waals surface area contributed by atoms with Gasteiger partial charge in [0.05, 0.1) is 39.8 Å². The van der Waals surface area contributed by atoms with Crippen LogP contribution in [0.4, 0.5) is 0 Å². The summed E-state index contributed by atoms with van der Waals surface area (Å²) >= 11 is 0. The van der Waals surface area contributed by atoms with E-state index in [0.29, 0.717) is 22.4 Å². The molecule has 4 aromatic heterocycles. The van der Waals surface area contributed by atoms with Gasteiger partial charge in [-0.1, -0.05) is 18.2 Å². The number of imidazole rings is 1. The van der Waals surface area contributed by atoms with Crippen molar-refractivity contribution in [3.8, 4) is 16.9 Å². The summed E-state index contributed by atoms with van der Waals surface area (Å²) in [6.45, 7) is 3.34. The van der Waals surface area contributed by atoms with E-state index in [-0.39, 0.29) is 0 Å². The van der Waals surface area contributed by atoms with Gasteiger partial charge in [-0.2, -0.15) is 5.10 Å². The van der Waals surface area contributed by atoms with E-state index in [2.05, 4.69) is 5.10 Å². The molecule has 0 radical (unpaired) electrons. The second-order valence-corrected chi connectivity index (χ2v) is 7.43. The monoisotopic (exact) mass is 413 g/mol. The first-order valence-corrected chi connectivity index (χ1v) is 9.79. The van der Waals surface area contributed by atoms with Gasteiger partial charge in [0, 0.05) is 11.8 Å². The van der Waals surface area contributed by atoms with Crippen molar-refractivity contribution in [1.82, 2.24) is 23.7 Å². The molecule has 0 fully saturated rings. The maximum Gasteiger partial charge on any atom is 0.334 e. The van der Waals surface area contributed by atoms with Gasteiger partial charge >= 0.3 is 11.7 Å². The number of benzene rings is 1. The van der Waals surface area contributed by atoms with Crippen LogP contribution in [0.15, 0.2) is 65.7 Å². The van der Waals surface area contributed by atoms with Crippen molar-refractivity contribution in [2.75, 3.05) is 0 Å². The van der Waals surface area contributed by atoms with Crippen molar-refractivity contribution >= 4 is 22.5 Å². The number of aryl methyl sites for hydroxylation is 2. The Hall–Kier alpha value is -4.20. The molecule has 0 bridgehead atoms. The number of carboxylic acid groups (broad SMARTS) is 1. The van der Waals surface area contributed by atoms with E-state index in [9.17, 15) is 14.7 Å². The highest BCUT2D eigenvalue weighted by Crippen LogP contribution is 2.27.